The molecule has 9 heteroatoms. The monoisotopic (exact) mass is 510 g/mol. The van der Waals surface area contributed by atoms with Crippen molar-refractivity contribution in [2.75, 3.05) is 54.2 Å². The van der Waals surface area contributed by atoms with E-state index in [-0.39, 0.29) is 11.4 Å². The van der Waals surface area contributed by atoms with E-state index >= 15 is 0 Å². The number of carbonyl (C=O) groups is 1. The molecule has 0 amide bonds. The summed E-state index contributed by atoms with van der Waals surface area (Å²) in [5.74, 6) is -0.0272. The normalized spacial score (nSPS) is 13.9. The summed E-state index contributed by atoms with van der Waals surface area (Å²) < 4.78 is 23.5. The summed E-state index contributed by atoms with van der Waals surface area (Å²) in [5, 5.41) is 22.1. The molecule has 2 heterocycles. The van der Waals surface area contributed by atoms with E-state index in [1.807, 2.05) is 19.1 Å². The predicted molar refractivity (Wildman–Crippen MR) is 139 cm³/mol. The van der Waals surface area contributed by atoms with E-state index in [2.05, 4.69) is 4.90 Å². The lowest BCUT2D eigenvalue weighted by molar-refractivity contribution is 0.0369. The highest BCUT2D eigenvalue weighted by atomic mass is 16.5. The van der Waals surface area contributed by atoms with Gasteiger partial charge in [0.15, 0.2) is 23.0 Å². The summed E-state index contributed by atoms with van der Waals surface area (Å²) in [6, 6.07) is 10.5. The quantitative estimate of drug-likeness (QED) is 0.397. The van der Waals surface area contributed by atoms with Gasteiger partial charge in [-0.2, -0.15) is 0 Å². The number of morpholine rings is 1. The van der Waals surface area contributed by atoms with E-state index < -0.39 is 11.5 Å². The van der Waals surface area contributed by atoms with Crippen molar-refractivity contribution >= 4 is 5.78 Å². The summed E-state index contributed by atoms with van der Waals surface area (Å²) >= 11 is 0. The smallest absolute Gasteiger partial charge is 0.235 e. The van der Waals surface area contributed by atoms with Crippen molar-refractivity contribution in [3.63, 3.8) is 0 Å². The highest BCUT2D eigenvalue weighted by Gasteiger charge is 2.30. The molecule has 2 aromatic carbocycles. The van der Waals surface area contributed by atoms with Crippen LogP contribution >= 0.6 is 0 Å². The molecule has 0 atom stereocenters. The summed E-state index contributed by atoms with van der Waals surface area (Å²) in [6.07, 6.45) is 0.692. The molecule has 2 N–H and O–H groups in total. The van der Waals surface area contributed by atoms with Gasteiger partial charge in [-0.15, -0.1) is 0 Å². The fourth-order valence-corrected chi connectivity index (χ4v) is 4.67. The first-order valence-electron chi connectivity index (χ1n) is 12.3. The van der Waals surface area contributed by atoms with Crippen LogP contribution in [0, 0.1) is 6.92 Å². The standard InChI is InChI=1S/C28H34N2O7/c1-18-6-8-19(9-7-18)25(31)23-24(20-16-21(34-2)27(36-4)22(17-20)35-3)30(28(33)26(23)32)11-5-10-29-12-14-37-15-13-29/h6-9,16-17,32-33H,5,10-15H2,1-4H3. The third-order valence-electron chi connectivity index (χ3n) is 6.65. The number of hydrogen-bond donors (Lipinski definition) is 2. The summed E-state index contributed by atoms with van der Waals surface area (Å²) in [5.41, 5.74) is 2.34. The molecule has 0 radical (unpaired) electrons. The average Bonchev–Trinajstić information content (AvgIpc) is 3.17. The van der Waals surface area contributed by atoms with Crippen LogP contribution in [0.25, 0.3) is 11.3 Å². The molecule has 1 fully saturated rings. The molecule has 1 aliphatic rings. The maximum Gasteiger partial charge on any atom is 0.235 e. The molecule has 0 bridgehead atoms. The molecule has 3 aromatic rings. The molecule has 4 rings (SSSR count). The molecule has 198 valence electrons. The van der Waals surface area contributed by atoms with Crippen molar-refractivity contribution in [2.45, 2.75) is 19.9 Å². The molecule has 37 heavy (non-hydrogen) atoms. The Morgan fingerprint density at radius 2 is 1.57 bits per heavy atom. The van der Waals surface area contributed by atoms with Crippen LogP contribution in [0.3, 0.4) is 0 Å². The molecule has 0 unspecified atom stereocenters. The van der Waals surface area contributed by atoms with Crippen molar-refractivity contribution in [3.05, 3.63) is 53.1 Å². The second-order valence-electron chi connectivity index (χ2n) is 8.96. The Bertz CT molecular complexity index is 1220. The zero-order chi connectivity index (χ0) is 26.5. The minimum Gasteiger partial charge on any atom is -0.503 e. The van der Waals surface area contributed by atoms with E-state index in [4.69, 9.17) is 18.9 Å². The number of aryl methyl sites for hydroxylation is 1. The van der Waals surface area contributed by atoms with E-state index in [1.54, 1.807) is 28.8 Å². The topological polar surface area (TPSA) is 103 Å². The van der Waals surface area contributed by atoms with Gasteiger partial charge in [0, 0.05) is 37.3 Å². The van der Waals surface area contributed by atoms with Gasteiger partial charge in [-0.25, -0.2) is 0 Å². The van der Waals surface area contributed by atoms with Gasteiger partial charge in [0.25, 0.3) is 0 Å². The number of aromatic nitrogens is 1. The van der Waals surface area contributed by atoms with Crippen LogP contribution in [-0.4, -0.2) is 79.6 Å². The highest BCUT2D eigenvalue weighted by molar-refractivity contribution is 6.15. The predicted octanol–water partition coefficient (Wildman–Crippen LogP) is 3.85. The highest BCUT2D eigenvalue weighted by Crippen LogP contribution is 2.47. The Hall–Kier alpha value is -3.69. The fourth-order valence-electron chi connectivity index (χ4n) is 4.67. The van der Waals surface area contributed by atoms with E-state index in [9.17, 15) is 15.0 Å². The number of aromatic hydroxyl groups is 2. The van der Waals surface area contributed by atoms with E-state index in [1.165, 1.54) is 21.3 Å². The Morgan fingerprint density at radius 1 is 0.946 bits per heavy atom. The summed E-state index contributed by atoms with van der Waals surface area (Å²) in [6.45, 7) is 6.19. The molecular formula is C28H34N2O7. The summed E-state index contributed by atoms with van der Waals surface area (Å²) in [4.78, 5) is 16.0. The zero-order valence-corrected chi connectivity index (χ0v) is 21.7. The maximum atomic E-state index is 13.7. The molecular weight excluding hydrogens is 476 g/mol. The Kier molecular flexibility index (Phi) is 8.25. The van der Waals surface area contributed by atoms with Crippen LogP contribution in [-0.2, 0) is 11.3 Å². The third kappa shape index (κ3) is 5.38. The number of ketones is 1. The van der Waals surface area contributed by atoms with Crippen LogP contribution in [0.2, 0.25) is 0 Å². The minimum absolute atomic E-state index is 0.0157. The molecule has 0 spiro atoms. The molecule has 1 aromatic heterocycles. The summed E-state index contributed by atoms with van der Waals surface area (Å²) in [7, 11) is 4.53. The van der Waals surface area contributed by atoms with Crippen LogP contribution in [0.4, 0.5) is 0 Å². The SMILES string of the molecule is COc1cc(-c2c(C(=O)c3ccc(C)cc3)c(O)c(O)n2CCCN2CCOCC2)cc(OC)c1OC. The number of rotatable bonds is 10. The number of carbonyl (C=O) groups excluding carboxylic acids is 1. The third-order valence-corrected chi connectivity index (χ3v) is 6.65. The average molecular weight is 511 g/mol. The van der Waals surface area contributed by atoms with Crippen LogP contribution in [0.1, 0.15) is 27.9 Å². The number of nitrogens with zero attached hydrogens (tertiary/aromatic N) is 2. The van der Waals surface area contributed by atoms with Gasteiger partial charge in [0.2, 0.25) is 11.6 Å². The Morgan fingerprint density at radius 3 is 2.14 bits per heavy atom. The van der Waals surface area contributed by atoms with Crippen molar-refractivity contribution in [2.24, 2.45) is 0 Å². The second-order valence-corrected chi connectivity index (χ2v) is 8.96. The number of methoxy groups -OCH3 is 3. The molecule has 1 aliphatic heterocycles. The Labute approximate surface area is 216 Å². The number of ether oxygens (including phenoxy) is 4. The maximum absolute atomic E-state index is 13.7. The lowest BCUT2D eigenvalue weighted by Crippen LogP contribution is -2.37. The first-order chi connectivity index (χ1) is 17.9. The van der Waals surface area contributed by atoms with Gasteiger partial charge >= 0.3 is 0 Å². The van der Waals surface area contributed by atoms with Crippen LogP contribution in [0.15, 0.2) is 36.4 Å². The van der Waals surface area contributed by atoms with Gasteiger partial charge in [-0.3, -0.25) is 9.69 Å². The van der Waals surface area contributed by atoms with Crippen molar-refractivity contribution in [1.82, 2.24) is 9.47 Å². The van der Waals surface area contributed by atoms with Crippen LogP contribution in [0.5, 0.6) is 28.9 Å². The molecule has 1 saturated heterocycles. The molecule has 0 saturated carbocycles. The van der Waals surface area contributed by atoms with Crippen molar-refractivity contribution in [1.29, 1.82) is 0 Å². The second kappa shape index (κ2) is 11.6. The minimum atomic E-state index is -0.458. The van der Waals surface area contributed by atoms with Gasteiger partial charge < -0.3 is 33.7 Å². The van der Waals surface area contributed by atoms with Gasteiger partial charge in [0.05, 0.1) is 45.8 Å². The van der Waals surface area contributed by atoms with Crippen molar-refractivity contribution < 1.29 is 34.0 Å². The first-order valence-corrected chi connectivity index (χ1v) is 12.3. The first kappa shape index (κ1) is 26.4. The zero-order valence-electron chi connectivity index (χ0n) is 21.7. The molecule has 9 nitrogen and oxygen atoms in total. The van der Waals surface area contributed by atoms with E-state index in [0.29, 0.717) is 60.2 Å². The van der Waals surface area contributed by atoms with Crippen LogP contribution < -0.4 is 14.2 Å². The molecule has 0 aliphatic carbocycles. The Balaban J connectivity index is 1.83. The van der Waals surface area contributed by atoms with E-state index in [0.717, 1.165) is 25.2 Å². The lowest BCUT2D eigenvalue weighted by Gasteiger charge is -2.26. The lowest BCUT2D eigenvalue weighted by atomic mass is 9.98. The van der Waals surface area contributed by atoms with Gasteiger partial charge in [-0.05, 0) is 25.5 Å². The van der Waals surface area contributed by atoms with Gasteiger partial charge in [0.1, 0.15) is 0 Å². The fraction of sp³-hybridized carbons (Fsp3) is 0.393. The number of benzene rings is 2. The van der Waals surface area contributed by atoms with Gasteiger partial charge in [-0.1, -0.05) is 29.8 Å². The number of hydrogen-bond acceptors (Lipinski definition) is 8. The largest absolute Gasteiger partial charge is 0.503 e. The van der Waals surface area contributed by atoms with Crippen molar-refractivity contribution in [3.8, 4) is 40.1 Å².